The molecule has 2 amide bonds. The van der Waals surface area contributed by atoms with Gasteiger partial charge < -0.3 is 15.4 Å². The number of thiazole rings is 1. The van der Waals surface area contributed by atoms with Crippen molar-refractivity contribution in [2.75, 3.05) is 17.7 Å². The standard InChI is InChI=1S/C22H20ClN3O4S/c1-11-5-4-6-14(23)17(11)25-18(27)12-7-8-15-16(9-12)31-21(24-15)26-19(28)13-10-22(13,2)20(29)30-3/h4-9,13H,10H2,1-3H3,(H,25,27)(H,24,26,28). The molecule has 1 aliphatic rings. The molecule has 4 rings (SSSR count). The number of hydrogen-bond donors (Lipinski definition) is 2. The monoisotopic (exact) mass is 457 g/mol. The Kier molecular flexibility index (Phi) is 5.45. The van der Waals surface area contributed by atoms with E-state index >= 15 is 0 Å². The van der Waals surface area contributed by atoms with E-state index in [4.69, 9.17) is 16.3 Å². The van der Waals surface area contributed by atoms with E-state index in [1.54, 1.807) is 31.2 Å². The number of aromatic nitrogens is 1. The van der Waals surface area contributed by atoms with Gasteiger partial charge in [0.1, 0.15) is 0 Å². The maximum atomic E-state index is 12.7. The van der Waals surface area contributed by atoms with E-state index in [1.165, 1.54) is 18.4 Å². The smallest absolute Gasteiger partial charge is 0.312 e. The lowest BCUT2D eigenvalue weighted by Gasteiger charge is -2.10. The lowest BCUT2D eigenvalue weighted by Crippen LogP contribution is -2.23. The topological polar surface area (TPSA) is 97.4 Å². The number of hydrogen-bond acceptors (Lipinski definition) is 6. The summed E-state index contributed by atoms with van der Waals surface area (Å²) >= 11 is 7.46. The lowest BCUT2D eigenvalue weighted by atomic mass is 10.1. The molecule has 1 saturated carbocycles. The highest BCUT2D eigenvalue weighted by atomic mass is 35.5. The molecule has 1 heterocycles. The number of amides is 2. The largest absolute Gasteiger partial charge is 0.469 e. The van der Waals surface area contributed by atoms with E-state index in [9.17, 15) is 14.4 Å². The molecule has 2 aromatic carbocycles. The van der Waals surface area contributed by atoms with Gasteiger partial charge in [-0.25, -0.2) is 4.98 Å². The Morgan fingerprint density at radius 3 is 2.71 bits per heavy atom. The molecule has 160 valence electrons. The minimum atomic E-state index is -0.780. The van der Waals surface area contributed by atoms with Crippen LogP contribution >= 0.6 is 22.9 Å². The van der Waals surface area contributed by atoms with Crippen molar-refractivity contribution in [1.82, 2.24) is 4.98 Å². The van der Waals surface area contributed by atoms with Gasteiger partial charge >= 0.3 is 5.97 Å². The number of esters is 1. The molecule has 2 N–H and O–H groups in total. The first-order valence-electron chi connectivity index (χ1n) is 9.59. The van der Waals surface area contributed by atoms with E-state index in [0.29, 0.717) is 33.3 Å². The third-order valence-electron chi connectivity index (χ3n) is 5.55. The average molecular weight is 458 g/mol. The fourth-order valence-electron chi connectivity index (χ4n) is 3.49. The molecule has 2 unspecified atom stereocenters. The van der Waals surface area contributed by atoms with Crippen LogP contribution in [0.2, 0.25) is 5.02 Å². The maximum Gasteiger partial charge on any atom is 0.312 e. The quantitative estimate of drug-likeness (QED) is 0.543. The minimum absolute atomic E-state index is 0.265. The highest BCUT2D eigenvalue weighted by molar-refractivity contribution is 7.22. The number of fused-ring (bicyclic) bond motifs is 1. The SMILES string of the molecule is COC(=O)C1(C)CC1C(=O)Nc1nc2ccc(C(=O)Nc3c(C)cccc3Cl)cc2s1. The fourth-order valence-corrected chi connectivity index (χ4v) is 4.67. The van der Waals surface area contributed by atoms with Crippen molar-refractivity contribution in [3.05, 3.63) is 52.5 Å². The van der Waals surface area contributed by atoms with Crippen molar-refractivity contribution in [2.45, 2.75) is 20.3 Å². The van der Waals surface area contributed by atoms with Gasteiger partial charge in [-0.05, 0) is 50.1 Å². The Balaban J connectivity index is 1.49. The van der Waals surface area contributed by atoms with Crippen molar-refractivity contribution < 1.29 is 19.1 Å². The second-order valence-electron chi connectivity index (χ2n) is 7.74. The van der Waals surface area contributed by atoms with Gasteiger partial charge in [0.05, 0.1) is 39.4 Å². The minimum Gasteiger partial charge on any atom is -0.469 e. The third kappa shape index (κ3) is 4.00. The van der Waals surface area contributed by atoms with E-state index in [1.807, 2.05) is 19.1 Å². The summed E-state index contributed by atoms with van der Waals surface area (Å²) in [6, 6.07) is 10.5. The highest BCUT2D eigenvalue weighted by Crippen LogP contribution is 2.53. The summed E-state index contributed by atoms with van der Waals surface area (Å²) in [6.07, 6.45) is 0.447. The number of ether oxygens (including phenoxy) is 1. The second kappa shape index (κ2) is 7.94. The molecule has 1 aliphatic carbocycles. The molecule has 31 heavy (non-hydrogen) atoms. The summed E-state index contributed by atoms with van der Waals surface area (Å²) in [7, 11) is 1.31. The van der Waals surface area contributed by atoms with Crippen LogP contribution < -0.4 is 10.6 Å². The number of aryl methyl sites for hydroxylation is 1. The molecular formula is C22H20ClN3O4S. The number of nitrogens with one attached hydrogen (secondary N) is 2. The van der Waals surface area contributed by atoms with Crippen LogP contribution in [0.4, 0.5) is 10.8 Å². The van der Waals surface area contributed by atoms with Gasteiger partial charge in [0, 0.05) is 5.56 Å². The predicted octanol–water partition coefficient (Wildman–Crippen LogP) is 4.65. The molecule has 0 bridgehead atoms. The van der Waals surface area contributed by atoms with Crippen LogP contribution in [-0.2, 0) is 14.3 Å². The first-order valence-corrected chi connectivity index (χ1v) is 10.8. The molecule has 0 aliphatic heterocycles. The van der Waals surface area contributed by atoms with Gasteiger partial charge in [-0.15, -0.1) is 0 Å². The van der Waals surface area contributed by atoms with Gasteiger partial charge in [0.15, 0.2) is 5.13 Å². The number of anilines is 2. The number of benzene rings is 2. The van der Waals surface area contributed by atoms with E-state index < -0.39 is 11.3 Å². The lowest BCUT2D eigenvalue weighted by molar-refractivity contribution is -0.147. The number of methoxy groups -OCH3 is 1. The average Bonchev–Trinajstić information content (AvgIpc) is 3.28. The predicted molar refractivity (Wildman–Crippen MR) is 121 cm³/mol. The van der Waals surface area contributed by atoms with Crippen LogP contribution in [0, 0.1) is 18.3 Å². The zero-order chi connectivity index (χ0) is 22.3. The molecule has 0 spiro atoms. The molecule has 7 nitrogen and oxygen atoms in total. The maximum absolute atomic E-state index is 12.7. The summed E-state index contributed by atoms with van der Waals surface area (Å²) < 4.78 is 5.53. The van der Waals surface area contributed by atoms with Crippen LogP contribution in [0.15, 0.2) is 36.4 Å². The van der Waals surface area contributed by atoms with E-state index in [-0.39, 0.29) is 17.8 Å². The number of carbonyl (C=O) groups excluding carboxylic acids is 3. The molecule has 0 saturated heterocycles. The van der Waals surface area contributed by atoms with Crippen LogP contribution in [0.3, 0.4) is 0 Å². The first kappa shape index (κ1) is 21.3. The molecule has 3 aromatic rings. The van der Waals surface area contributed by atoms with Crippen molar-refractivity contribution in [2.24, 2.45) is 11.3 Å². The molecule has 1 fully saturated rings. The fraction of sp³-hybridized carbons (Fsp3) is 0.273. The van der Waals surface area contributed by atoms with Gasteiger partial charge in [-0.2, -0.15) is 0 Å². The second-order valence-corrected chi connectivity index (χ2v) is 9.18. The van der Waals surface area contributed by atoms with Crippen molar-refractivity contribution >= 4 is 61.8 Å². The van der Waals surface area contributed by atoms with Crippen molar-refractivity contribution in [3.63, 3.8) is 0 Å². The van der Waals surface area contributed by atoms with Gasteiger partial charge in [-0.3, -0.25) is 14.4 Å². The van der Waals surface area contributed by atoms with Crippen molar-refractivity contribution in [1.29, 1.82) is 0 Å². The van der Waals surface area contributed by atoms with Gasteiger partial charge in [-0.1, -0.05) is 35.1 Å². The molecule has 0 radical (unpaired) electrons. The Hall–Kier alpha value is -2.97. The summed E-state index contributed by atoms with van der Waals surface area (Å²) in [5.74, 6) is -1.38. The number of rotatable bonds is 5. The molecule has 9 heteroatoms. The Labute approximate surface area is 187 Å². The zero-order valence-corrected chi connectivity index (χ0v) is 18.7. The van der Waals surface area contributed by atoms with E-state index in [0.717, 1.165) is 10.3 Å². The van der Waals surface area contributed by atoms with Crippen LogP contribution in [0.25, 0.3) is 10.2 Å². The molecule has 2 atom stereocenters. The van der Waals surface area contributed by atoms with Gasteiger partial charge in [0.25, 0.3) is 5.91 Å². The zero-order valence-electron chi connectivity index (χ0n) is 17.1. The Morgan fingerprint density at radius 2 is 2.00 bits per heavy atom. The number of nitrogens with zero attached hydrogens (tertiary/aromatic N) is 1. The molecular weight excluding hydrogens is 438 g/mol. The van der Waals surface area contributed by atoms with Gasteiger partial charge in [0.2, 0.25) is 5.91 Å². The Morgan fingerprint density at radius 1 is 1.23 bits per heavy atom. The number of halogens is 1. The number of para-hydroxylation sites is 1. The summed E-state index contributed by atoms with van der Waals surface area (Å²) in [5.41, 5.74) is 1.77. The van der Waals surface area contributed by atoms with Crippen LogP contribution in [0.5, 0.6) is 0 Å². The third-order valence-corrected chi connectivity index (χ3v) is 6.80. The van der Waals surface area contributed by atoms with E-state index in [2.05, 4.69) is 15.6 Å². The normalized spacial score (nSPS) is 19.7. The highest BCUT2D eigenvalue weighted by Gasteiger charge is 2.61. The number of carbonyl (C=O) groups is 3. The van der Waals surface area contributed by atoms with Crippen LogP contribution in [0.1, 0.15) is 29.3 Å². The summed E-state index contributed by atoms with van der Waals surface area (Å²) in [5, 5.41) is 6.50. The van der Waals surface area contributed by atoms with Crippen molar-refractivity contribution in [3.8, 4) is 0 Å². The summed E-state index contributed by atoms with van der Waals surface area (Å²) in [4.78, 5) is 41.4. The van der Waals surface area contributed by atoms with Crippen LogP contribution in [-0.4, -0.2) is 29.9 Å². The molecule has 1 aromatic heterocycles. The first-order chi connectivity index (χ1) is 14.7. The Bertz CT molecular complexity index is 1200. The summed E-state index contributed by atoms with van der Waals surface area (Å²) in [6.45, 7) is 3.58.